The summed E-state index contributed by atoms with van der Waals surface area (Å²) >= 11 is 0. The summed E-state index contributed by atoms with van der Waals surface area (Å²) in [7, 11) is 1.35. The summed E-state index contributed by atoms with van der Waals surface area (Å²) in [6, 6.07) is 17.5. The van der Waals surface area contributed by atoms with E-state index in [1.54, 1.807) is 18.2 Å². The van der Waals surface area contributed by atoms with Crippen molar-refractivity contribution < 1.29 is 23.5 Å². The summed E-state index contributed by atoms with van der Waals surface area (Å²) in [4.78, 5) is 25.5. The second-order valence-corrected chi connectivity index (χ2v) is 9.89. The van der Waals surface area contributed by atoms with Crippen LogP contribution in [0, 0.1) is 25.6 Å². The number of rotatable bonds is 11. The molecule has 0 heterocycles. The Morgan fingerprint density at radius 1 is 0.946 bits per heavy atom. The highest BCUT2D eigenvalue weighted by Gasteiger charge is 2.21. The second kappa shape index (κ2) is 13.0. The molecule has 0 aliphatic carbocycles. The van der Waals surface area contributed by atoms with E-state index in [0.29, 0.717) is 23.7 Å². The number of esters is 1. The van der Waals surface area contributed by atoms with Crippen LogP contribution in [0.5, 0.6) is 5.75 Å². The predicted octanol–water partition coefficient (Wildman–Crippen LogP) is 6.64. The predicted molar refractivity (Wildman–Crippen MR) is 143 cm³/mol. The third-order valence-electron chi connectivity index (χ3n) is 6.12. The molecule has 0 aliphatic heterocycles. The molecule has 1 N–H and O–H groups in total. The Bertz CT molecular complexity index is 1200. The number of halogens is 1. The first kappa shape index (κ1) is 27.9. The zero-order valence-electron chi connectivity index (χ0n) is 22.3. The van der Waals surface area contributed by atoms with Gasteiger partial charge in [-0.05, 0) is 79.6 Å². The maximum absolute atomic E-state index is 13.7. The fourth-order valence-electron chi connectivity index (χ4n) is 4.38. The van der Waals surface area contributed by atoms with E-state index < -0.39 is 0 Å². The molecule has 0 aliphatic rings. The molecule has 1 unspecified atom stereocenters. The van der Waals surface area contributed by atoms with Gasteiger partial charge in [0.2, 0.25) is 0 Å². The quantitative estimate of drug-likeness (QED) is 0.297. The number of hydrogen-bond donors (Lipinski definition) is 1. The van der Waals surface area contributed by atoms with Crippen LogP contribution in [0.3, 0.4) is 0 Å². The highest BCUT2D eigenvalue weighted by molar-refractivity contribution is 5.96. The lowest BCUT2D eigenvalue weighted by atomic mass is 9.93. The zero-order valence-corrected chi connectivity index (χ0v) is 22.3. The highest BCUT2D eigenvalue weighted by atomic mass is 19.1. The molecule has 3 aromatic carbocycles. The average Bonchev–Trinajstić information content (AvgIpc) is 2.85. The summed E-state index contributed by atoms with van der Waals surface area (Å²) in [5.74, 6) is 0.0478. The number of ether oxygens (including phenoxy) is 2. The molecule has 1 atom stereocenters. The first-order chi connectivity index (χ1) is 17.6. The van der Waals surface area contributed by atoms with Crippen LogP contribution < -0.4 is 10.1 Å². The van der Waals surface area contributed by atoms with Crippen molar-refractivity contribution in [2.45, 2.75) is 59.6 Å². The third kappa shape index (κ3) is 8.45. The van der Waals surface area contributed by atoms with Crippen molar-refractivity contribution >= 4 is 11.9 Å². The van der Waals surface area contributed by atoms with E-state index >= 15 is 0 Å². The number of carbonyl (C=O) groups is 2. The Balaban J connectivity index is 1.88. The lowest BCUT2D eigenvalue weighted by Crippen LogP contribution is -2.30. The molecule has 0 saturated heterocycles. The van der Waals surface area contributed by atoms with Crippen LogP contribution in [0.25, 0.3) is 0 Å². The zero-order chi connectivity index (χ0) is 26.9. The van der Waals surface area contributed by atoms with E-state index in [2.05, 4.69) is 51.2 Å². The van der Waals surface area contributed by atoms with Gasteiger partial charge in [0.1, 0.15) is 18.2 Å². The van der Waals surface area contributed by atoms with E-state index in [0.717, 1.165) is 34.2 Å². The first-order valence-electron chi connectivity index (χ1n) is 12.6. The molecule has 0 saturated carbocycles. The minimum absolute atomic E-state index is 0.154. The standard InChI is InChI=1S/C31H36FNO4/c1-20(2)14-29(25-16-21(3)15-22(4)17-25)33-31(35)28-18-23(6-7-24(28)8-13-30(34)36-5)19-37-27-11-9-26(32)10-12-27/h6-7,9-12,15-18,20,29H,8,13-14,19H2,1-5H3,(H,33,35). The monoisotopic (exact) mass is 505 g/mol. The topological polar surface area (TPSA) is 64.6 Å². The third-order valence-corrected chi connectivity index (χ3v) is 6.12. The highest BCUT2D eigenvalue weighted by Crippen LogP contribution is 2.25. The summed E-state index contributed by atoms with van der Waals surface area (Å²) in [5, 5.41) is 3.25. The van der Waals surface area contributed by atoms with Crippen LogP contribution in [-0.2, 0) is 22.6 Å². The van der Waals surface area contributed by atoms with E-state index in [1.807, 2.05) is 12.1 Å². The van der Waals surface area contributed by atoms with Crippen molar-refractivity contribution in [1.82, 2.24) is 5.32 Å². The Morgan fingerprint density at radius 2 is 1.62 bits per heavy atom. The van der Waals surface area contributed by atoms with Gasteiger partial charge < -0.3 is 14.8 Å². The average molecular weight is 506 g/mol. The summed E-state index contributed by atoms with van der Waals surface area (Å²) in [5.41, 5.74) is 5.43. The fourth-order valence-corrected chi connectivity index (χ4v) is 4.38. The van der Waals surface area contributed by atoms with Gasteiger partial charge in [0, 0.05) is 12.0 Å². The van der Waals surface area contributed by atoms with Crippen molar-refractivity contribution in [3.63, 3.8) is 0 Å². The lowest BCUT2D eigenvalue weighted by molar-refractivity contribution is -0.140. The van der Waals surface area contributed by atoms with Gasteiger partial charge in [-0.15, -0.1) is 0 Å². The number of carbonyl (C=O) groups excluding carboxylic acids is 2. The number of benzene rings is 3. The van der Waals surface area contributed by atoms with Crippen molar-refractivity contribution in [2.75, 3.05) is 7.11 Å². The molecule has 0 aromatic heterocycles. The number of nitrogens with one attached hydrogen (secondary N) is 1. The smallest absolute Gasteiger partial charge is 0.305 e. The maximum atomic E-state index is 13.7. The SMILES string of the molecule is COC(=O)CCc1ccc(COc2ccc(F)cc2)cc1C(=O)NC(CC(C)C)c1cc(C)cc(C)c1. The summed E-state index contributed by atoms with van der Waals surface area (Å²) in [6.07, 6.45) is 1.35. The molecule has 0 bridgehead atoms. The molecule has 0 spiro atoms. The molecule has 0 fully saturated rings. The van der Waals surface area contributed by atoms with E-state index in [-0.39, 0.29) is 36.8 Å². The van der Waals surface area contributed by atoms with Gasteiger partial charge in [0.05, 0.1) is 13.2 Å². The van der Waals surface area contributed by atoms with Crippen molar-refractivity contribution in [3.8, 4) is 5.75 Å². The van der Waals surface area contributed by atoms with Gasteiger partial charge >= 0.3 is 5.97 Å². The van der Waals surface area contributed by atoms with Crippen LogP contribution >= 0.6 is 0 Å². The minimum atomic E-state index is -0.332. The van der Waals surface area contributed by atoms with E-state index in [9.17, 15) is 14.0 Å². The molecule has 196 valence electrons. The molecule has 5 nitrogen and oxygen atoms in total. The normalized spacial score (nSPS) is 11.8. The number of aryl methyl sites for hydroxylation is 3. The fraction of sp³-hybridized carbons (Fsp3) is 0.355. The largest absolute Gasteiger partial charge is 0.489 e. The lowest BCUT2D eigenvalue weighted by Gasteiger charge is -2.23. The Kier molecular flexibility index (Phi) is 9.84. The van der Waals surface area contributed by atoms with Gasteiger partial charge in [0.15, 0.2) is 0 Å². The molecular weight excluding hydrogens is 469 g/mol. The van der Waals surface area contributed by atoms with Crippen molar-refractivity contribution in [2.24, 2.45) is 5.92 Å². The summed E-state index contributed by atoms with van der Waals surface area (Å²) < 4.78 is 23.8. The van der Waals surface area contributed by atoms with Crippen LogP contribution in [0.4, 0.5) is 4.39 Å². The number of hydrogen-bond acceptors (Lipinski definition) is 4. The Labute approximate surface area is 219 Å². The molecule has 0 radical (unpaired) electrons. The number of methoxy groups -OCH3 is 1. The van der Waals surface area contributed by atoms with E-state index in [1.165, 1.54) is 19.2 Å². The van der Waals surface area contributed by atoms with Crippen molar-refractivity contribution in [1.29, 1.82) is 0 Å². The Morgan fingerprint density at radius 3 is 2.24 bits per heavy atom. The summed E-state index contributed by atoms with van der Waals surface area (Å²) in [6.45, 7) is 8.60. The maximum Gasteiger partial charge on any atom is 0.305 e. The van der Waals surface area contributed by atoms with Gasteiger partial charge in [0.25, 0.3) is 5.91 Å². The molecular formula is C31H36FNO4. The molecule has 1 amide bonds. The van der Waals surface area contributed by atoms with Crippen LogP contribution in [0.1, 0.15) is 70.9 Å². The van der Waals surface area contributed by atoms with Crippen molar-refractivity contribution in [3.05, 3.63) is 99.9 Å². The first-order valence-corrected chi connectivity index (χ1v) is 12.6. The molecule has 6 heteroatoms. The van der Waals surface area contributed by atoms with Crippen LogP contribution in [-0.4, -0.2) is 19.0 Å². The van der Waals surface area contributed by atoms with E-state index in [4.69, 9.17) is 9.47 Å². The molecule has 3 rings (SSSR count). The van der Waals surface area contributed by atoms with Crippen LogP contribution in [0.15, 0.2) is 60.7 Å². The molecule has 37 heavy (non-hydrogen) atoms. The van der Waals surface area contributed by atoms with Gasteiger partial charge in [-0.1, -0.05) is 55.3 Å². The number of amides is 1. The van der Waals surface area contributed by atoms with Gasteiger partial charge in [-0.25, -0.2) is 4.39 Å². The molecule has 3 aromatic rings. The minimum Gasteiger partial charge on any atom is -0.489 e. The van der Waals surface area contributed by atoms with Gasteiger partial charge in [-0.2, -0.15) is 0 Å². The Hall–Kier alpha value is -3.67. The van der Waals surface area contributed by atoms with Crippen LogP contribution in [0.2, 0.25) is 0 Å². The van der Waals surface area contributed by atoms with Gasteiger partial charge in [-0.3, -0.25) is 9.59 Å². The second-order valence-electron chi connectivity index (χ2n) is 9.89.